The molecule has 0 radical (unpaired) electrons. The molecule has 148 valence electrons. The van der Waals surface area contributed by atoms with E-state index in [2.05, 4.69) is 0 Å². The van der Waals surface area contributed by atoms with Gasteiger partial charge in [0.25, 0.3) is 0 Å². The quantitative estimate of drug-likeness (QED) is 0.341. The number of aliphatic carboxylic acids is 1. The van der Waals surface area contributed by atoms with E-state index in [1.54, 1.807) is 0 Å². The van der Waals surface area contributed by atoms with Gasteiger partial charge in [0, 0.05) is 6.42 Å². The number of carboxylic acid groups (broad SMARTS) is 1. The van der Waals surface area contributed by atoms with Crippen LogP contribution in [0.15, 0.2) is 0 Å². The van der Waals surface area contributed by atoms with Crippen molar-refractivity contribution in [3.05, 3.63) is 0 Å². The van der Waals surface area contributed by atoms with Crippen LogP contribution in [0.3, 0.4) is 0 Å². The SMILES string of the molecule is CC1(C)OCC(CCCCCCCCCCCCCCCC(=O)O)O1. The van der Waals surface area contributed by atoms with Gasteiger partial charge in [-0.2, -0.15) is 0 Å². The highest BCUT2D eigenvalue weighted by Crippen LogP contribution is 2.25. The molecule has 0 aliphatic carbocycles. The molecule has 0 aromatic heterocycles. The number of rotatable bonds is 16. The lowest BCUT2D eigenvalue weighted by Crippen LogP contribution is -2.21. The summed E-state index contributed by atoms with van der Waals surface area (Å²) in [4.78, 5) is 10.4. The molecule has 1 aliphatic rings. The normalized spacial score (nSPS) is 19.4. The van der Waals surface area contributed by atoms with E-state index in [-0.39, 0.29) is 5.79 Å². The van der Waals surface area contributed by atoms with Crippen LogP contribution < -0.4 is 0 Å². The molecule has 1 heterocycles. The fraction of sp³-hybridized carbons (Fsp3) is 0.952. The molecule has 4 heteroatoms. The molecule has 0 aromatic carbocycles. The van der Waals surface area contributed by atoms with Gasteiger partial charge in [-0.15, -0.1) is 0 Å². The molecule has 1 saturated heterocycles. The fourth-order valence-corrected chi connectivity index (χ4v) is 3.50. The maximum absolute atomic E-state index is 10.4. The lowest BCUT2D eigenvalue weighted by Gasteiger charge is -2.16. The summed E-state index contributed by atoms with van der Waals surface area (Å²) in [5, 5.41) is 8.56. The van der Waals surface area contributed by atoms with E-state index >= 15 is 0 Å². The summed E-state index contributed by atoms with van der Waals surface area (Å²) in [6.45, 7) is 4.74. The van der Waals surface area contributed by atoms with E-state index in [4.69, 9.17) is 14.6 Å². The molecule has 0 saturated carbocycles. The van der Waals surface area contributed by atoms with Gasteiger partial charge in [-0.1, -0.05) is 77.0 Å². The minimum Gasteiger partial charge on any atom is -0.481 e. The van der Waals surface area contributed by atoms with Crippen LogP contribution in [0.5, 0.6) is 0 Å². The second-order valence-corrected chi connectivity index (χ2v) is 7.98. The molecule has 1 rings (SSSR count). The lowest BCUT2D eigenvalue weighted by molar-refractivity contribution is -0.139. The summed E-state index contributed by atoms with van der Waals surface area (Å²) >= 11 is 0. The number of unbranched alkanes of at least 4 members (excludes halogenated alkanes) is 12. The van der Waals surface area contributed by atoms with Gasteiger partial charge in [-0.3, -0.25) is 4.79 Å². The Hall–Kier alpha value is -0.610. The van der Waals surface area contributed by atoms with Crippen molar-refractivity contribution >= 4 is 5.97 Å². The summed E-state index contributed by atoms with van der Waals surface area (Å²) in [5.74, 6) is -1.03. The zero-order chi connectivity index (χ0) is 18.4. The van der Waals surface area contributed by atoms with Gasteiger partial charge in [0.15, 0.2) is 5.79 Å². The first-order valence-electron chi connectivity index (χ1n) is 10.5. The van der Waals surface area contributed by atoms with E-state index in [1.165, 1.54) is 70.6 Å². The number of hydrogen-bond acceptors (Lipinski definition) is 3. The number of carbonyl (C=O) groups is 1. The maximum atomic E-state index is 10.4. The Morgan fingerprint density at radius 1 is 0.840 bits per heavy atom. The Morgan fingerprint density at radius 2 is 1.28 bits per heavy atom. The van der Waals surface area contributed by atoms with Crippen molar-refractivity contribution in [1.82, 2.24) is 0 Å². The minimum absolute atomic E-state index is 0.305. The number of ether oxygens (including phenoxy) is 2. The monoisotopic (exact) mass is 356 g/mol. The van der Waals surface area contributed by atoms with Gasteiger partial charge < -0.3 is 14.6 Å². The maximum Gasteiger partial charge on any atom is 0.303 e. The zero-order valence-corrected chi connectivity index (χ0v) is 16.6. The topological polar surface area (TPSA) is 55.8 Å². The highest BCUT2D eigenvalue weighted by Gasteiger charge is 2.31. The van der Waals surface area contributed by atoms with Gasteiger partial charge in [0.05, 0.1) is 12.7 Å². The molecule has 1 aliphatic heterocycles. The van der Waals surface area contributed by atoms with Crippen LogP contribution >= 0.6 is 0 Å². The van der Waals surface area contributed by atoms with Crippen molar-refractivity contribution in [3.63, 3.8) is 0 Å². The van der Waals surface area contributed by atoms with E-state index in [1.807, 2.05) is 13.8 Å². The van der Waals surface area contributed by atoms with Crippen molar-refractivity contribution in [1.29, 1.82) is 0 Å². The predicted octanol–water partition coefficient (Wildman–Crippen LogP) is 6.07. The molecule has 1 unspecified atom stereocenters. The van der Waals surface area contributed by atoms with Crippen molar-refractivity contribution in [2.75, 3.05) is 6.61 Å². The molecule has 0 bridgehead atoms. The second kappa shape index (κ2) is 13.6. The minimum atomic E-state index is -0.662. The van der Waals surface area contributed by atoms with Crippen LogP contribution in [0, 0.1) is 0 Å². The first-order chi connectivity index (χ1) is 12.0. The molecule has 4 nitrogen and oxygen atoms in total. The summed E-state index contributed by atoms with van der Waals surface area (Å²) in [6.07, 6.45) is 18.2. The summed E-state index contributed by atoms with van der Waals surface area (Å²) in [6, 6.07) is 0. The van der Waals surface area contributed by atoms with Gasteiger partial charge in [-0.25, -0.2) is 0 Å². The molecular weight excluding hydrogens is 316 g/mol. The Kier molecular flexibility index (Phi) is 12.2. The van der Waals surface area contributed by atoms with Crippen LogP contribution in [0.2, 0.25) is 0 Å². The summed E-state index contributed by atoms with van der Waals surface area (Å²) in [5.41, 5.74) is 0. The highest BCUT2D eigenvalue weighted by atomic mass is 16.7. The third-order valence-corrected chi connectivity index (χ3v) is 4.98. The summed E-state index contributed by atoms with van der Waals surface area (Å²) in [7, 11) is 0. The lowest BCUT2D eigenvalue weighted by atomic mass is 10.0. The standard InChI is InChI=1S/C21H40O4/c1-21(2)24-18-19(25-21)16-14-12-10-8-6-4-3-5-7-9-11-13-15-17-20(22)23/h19H,3-18H2,1-2H3,(H,22,23). The third kappa shape index (κ3) is 13.3. The third-order valence-electron chi connectivity index (χ3n) is 4.98. The van der Waals surface area contributed by atoms with Crippen molar-refractivity contribution < 1.29 is 19.4 Å². The van der Waals surface area contributed by atoms with Crippen LogP contribution in [0.4, 0.5) is 0 Å². The molecule has 25 heavy (non-hydrogen) atoms. The Labute approximate surface area is 154 Å². The van der Waals surface area contributed by atoms with Crippen molar-refractivity contribution in [3.8, 4) is 0 Å². The van der Waals surface area contributed by atoms with Gasteiger partial charge in [0.1, 0.15) is 0 Å². The van der Waals surface area contributed by atoms with E-state index in [9.17, 15) is 4.79 Å². The second-order valence-electron chi connectivity index (χ2n) is 7.98. The van der Waals surface area contributed by atoms with Crippen molar-refractivity contribution in [2.45, 2.75) is 122 Å². The molecule has 1 atom stereocenters. The van der Waals surface area contributed by atoms with E-state index < -0.39 is 5.97 Å². The van der Waals surface area contributed by atoms with Crippen LogP contribution in [0.25, 0.3) is 0 Å². The first-order valence-corrected chi connectivity index (χ1v) is 10.5. The molecular formula is C21H40O4. The Balaban J connectivity index is 1.72. The molecule has 1 N–H and O–H groups in total. The van der Waals surface area contributed by atoms with Crippen molar-refractivity contribution in [2.24, 2.45) is 0 Å². The van der Waals surface area contributed by atoms with Gasteiger partial charge in [-0.05, 0) is 26.7 Å². The first kappa shape index (κ1) is 22.4. The molecule has 0 aromatic rings. The van der Waals surface area contributed by atoms with Crippen LogP contribution in [0.1, 0.15) is 110 Å². The number of carboxylic acids is 1. The average molecular weight is 357 g/mol. The van der Waals surface area contributed by atoms with Gasteiger partial charge >= 0.3 is 5.97 Å². The van der Waals surface area contributed by atoms with E-state index in [0.717, 1.165) is 25.9 Å². The molecule has 0 spiro atoms. The number of hydrogen-bond donors (Lipinski definition) is 1. The van der Waals surface area contributed by atoms with Gasteiger partial charge in [0.2, 0.25) is 0 Å². The average Bonchev–Trinajstić information content (AvgIpc) is 2.90. The van der Waals surface area contributed by atoms with Crippen LogP contribution in [-0.4, -0.2) is 29.6 Å². The summed E-state index contributed by atoms with van der Waals surface area (Å²) < 4.78 is 11.4. The fourth-order valence-electron chi connectivity index (χ4n) is 3.50. The molecule has 0 amide bonds. The predicted molar refractivity (Wildman–Crippen MR) is 102 cm³/mol. The Bertz CT molecular complexity index is 341. The smallest absolute Gasteiger partial charge is 0.303 e. The van der Waals surface area contributed by atoms with Crippen LogP contribution in [-0.2, 0) is 14.3 Å². The van der Waals surface area contributed by atoms with E-state index in [0.29, 0.717) is 12.5 Å². The zero-order valence-electron chi connectivity index (χ0n) is 16.6. The highest BCUT2D eigenvalue weighted by molar-refractivity contribution is 5.66. The Morgan fingerprint density at radius 3 is 1.68 bits per heavy atom. The largest absolute Gasteiger partial charge is 0.481 e. The molecule has 1 fully saturated rings.